The number of pyridine rings is 1. The van der Waals surface area contributed by atoms with Gasteiger partial charge >= 0.3 is 0 Å². The first kappa shape index (κ1) is 22.4. The lowest BCUT2D eigenvalue weighted by Gasteiger charge is -2.39. The van der Waals surface area contributed by atoms with Crippen molar-refractivity contribution in [2.24, 2.45) is 11.8 Å². The summed E-state index contributed by atoms with van der Waals surface area (Å²) in [4.78, 5) is 19.7. The fourth-order valence-corrected chi connectivity index (χ4v) is 5.20. The smallest absolute Gasteiger partial charge is 0.224 e. The molecule has 1 aromatic heterocycles. The minimum Gasteiger partial charge on any atom is -0.496 e. The van der Waals surface area contributed by atoms with E-state index in [-0.39, 0.29) is 5.91 Å². The summed E-state index contributed by atoms with van der Waals surface area (Å²) in [6.45, 7) is 3.44. The molecule has 0 saturated carbocycles. The van der Waals surface area contributed by atoms with Crippen molar-refractivity contribution in [3.63, 3.8) is 0 Å². The van der Waals surface area contributed by atoms with Gasteiger partial charge in [0.2, 0.25) is 5.91 Å². The summed E-state index contributed by atoms with van der Waals surface area (Å²) < 4.78 is 11.7. The molecule has 2 aliphatic rings. The molecule has 2 aromatic carbocycles. The number of benzene rings is 2. The number of carbonyl (C=O) groups is 1. The molecule has 1 amide bonds. The highest BCUT2D eigenvalue weighted by Crippen LogP contribution is 2.35. The number of piperidine rings is 1. The van der Waals surface area contributed by atoms with Crippen LogP contribution in [-0.4, -0.2) is 42.6 Å². The van der Waals surface area contributed by atoms with E-state index >= 15 is 0 Å². The highest BCUT2D eigenvalue weighted by atomic mass is 16.5. The van der Waals surface area contributed by atoms with Crippen LogP contribution in [0.2, 0.25) is 0 Å². The van der Waals surface area contributed by atoms with Crippen molar-refractivity contribution in [1.29, 1.82) is 0 Å². The van der Waals surface area contributed by atoms with Crippen molar-refractivity contribution in [1.82, 2.24) is 9.88 Å². The van der Waals surface area contributed by atoms with Crippen LogP contribution < -0.4 is 14.8 Å². The van der Waals surface area contributed by atoms with Gasteiger partial charge in [0.1, 0.15) is 11.5 Å². The third-order valence-corrected chi connectivity index (χ3v) is 7.00. The van der Waals surface area contributed by atoms with Crippen LogP contribution in [0.25, 0.3) is 11.1 Å². The summed E-state index contributed by atoms with van der Waals surface area (Å²) in [5, 5.41) is 3.12. The van der Waals surface area contributed by atoms with Gasteiger partial charge in [-0.15, -0.1) is 0 Å². The molecule has 1 fully saturated rings. The Morgan fingerprint density at radius 3 is 2.85 bits per heavy atom. The Kier molecular flexibility index (Phi) is 6.77. The molecule has 1 N–H and O–H groups in total. The number of nitrogens with one attached hydrogen (secondary N) is 1. The van der Waals surface area contributed by atoms with E-state index < -0.39 is 0 Å². The Balaban J connectivity index is 1.29. The van der Waals surface area contributed by atoms with E-state index in [2.05, 4.69) is 27.3 Å². The minimum absolute atomic E-state index is 0.0586. The second kappa shape index (κ2) is 10.3. The van der Waals surface area contributed by atoms with Gasteiger partial charge in [-0.2, -0.15) is 0 Å². The van der Waals surface area contributed by atoms with Gasteiger partial charge in [-0.3, -0.25) is 14.7 Å². The number of hydrogen-bond donors (Lipinski definition) is 1. The molecule has 6 heteroatoms. The lowest BCUT2D eigenvalue weighted by atomic mass is 9.81. The summed E-state index contributed by atoms with van der Waals surface area (Å²) in [5.41, 5.74) is 3.96. The monoisotopic (exact) mass is 457 g/mol. The average molecular weight is 458 g/mol. The third kappa shape index (κ3) is 5.07. The maximum atomic E-state index is 13.0. The second-order valence-corrected chi connectivity index (χ2v) is 9.20. The number of aromatic nitrogens is 1. The molecule has 176 valence electrons. The quantitative estimate of drug-likeness (QED) is 0.597. The highest BCUT2D eigenvalue weighted by Gasteiger charge is 2.32. The Morgan fingerprint density at radius 2 is 2.00 bits per heavy atom. The van der Waals surface area contributed by atoms with Gasteiger partial charge in [-0.1, -0.05) is 30.3 Å². The topological polar surface area (TPSA) is 63.7 Å². The zero-order chi connectivity index (χ0) is 23.3. The number of amides is 1. The Morgan fingerprint density at radius 1 is 1.09 bits per heavy atom. The van der Waals surface area contributed by atoms with Crippen LogP contribution >= 0.6 is 0 Å². The largest absolute Gasteiger partial charge is 0.496 e. The van der Waals surface area contributed by atoms with Crippen molar-refractivity contribution < 1.29 is 14.3 Å². The number of rotatable bonds is 4. The Labute approximate surface area is 200 Å². The lowest BCUT2D eigenvalue weighted by molar-refractivity contribution is -0.118. The van der Waals surface area contributed by atoms with Crippen LogP contribution in [-0.2, 0) is 11.3 Å². The number of ether oxygens (including phenoxy) is 2. The Hall–Kier alpha value is -3.38. The van der Waals surface area contributed by atoms with Gasteiger partial charge in [0.05, 0.1) is 19.4 Å². The van der Waals surface area contributed by atoms with Crippen LogP contribution in [0.3, 0.4) is 0 Å². The molecule has 6 nitrogen and oxygen atoms in total. The highest BCUT2D eigenvalue weighted by molar-refractivity contribution is 5.93. The molecule has 0 aliphatic carbocycles. The predicted octanol–water partition coefficient (Wildman–Crippen LogP) is 5.01. The average Bonchev–Trinajstić information content (AvgIpc) is 2.87. The fourth-order valence-electron chi connectivity index (χ4n) is 5.20. The third-order valence-electron chi connectivity index (χ3n) is 7.00. The summed E-state index contributed by atoms with van der Waals surface area (Å²) in [7, 11) is 1.72. The van der Waals surface area contributed by atoms with Crippen LogP contribution in [0.4, 0.5) is 5.69 Å². The standard InChI is InChI=1S/C28H31N3O3/c1-33-26-7-3-2-5-24(26)19-31-13-10-21-16-28(32)30-25-15-20(22-6-4-12-29-17-22)8-9-27(25)34-14-11-23(21)18-31/h2-9,12,15,17,21,23H,10-11,13-14,16,18-19H2,1H3,(H,30,32)/t21-,23-/m0/s1. The number of methoxy groups -OCH3 is 1. The maximum absolute atomic E-state index is 13.0. The molecule has 34 heavy (non-hydrogen) atoms. The number of fused-ring (bicyclic) bond motifs is 2. The van der Waals surface area contributed by atoms with Gasteiger partial charge < -0.3 is 14.8 Å². The van der Waals surface area contributed by atoms with Gasteiger partial charge in [0, 0.05) is 43.0 Å². The maximum Gasteiger partial charge on any atom is 0.224 e. The molecule has 0 spiro atoms. The van der Waals surface area contributed by atoms with Crippen LogP contribution in [0.1, 0.15) is 24.8 Å². The van der Waals surface area contributed by atoms with E-state index in [1.54, 1.807) is 13.3 Å². The molecule has 5 rings (SSSR count). The zero-order valence-corrected chi connectivity index (χ0v) is 19.6. The zero-order valence-electron chi connectivity index (χ0n) is 19.6. The van der Waals surface area contributed by atoms with E-state index in [4.69, 9.17) is 9.47 Å². The van der Waals surface area contributed by atoms with Gasteiger partial charge in [-0.25, -0.2) is 0 Å². The van der Waals surface area contributed by atoms with Gasteiger partial charge in [0.25, 0.3) is 0 Å². The Bertz CT molecular complexity index is 1130. The van der Waals surface area contributed by atoms with Crippen molar-refractivity contribution in [3.8, 4) is 22.6 Å². The number of carbonyl (C=O) groups excluding carboxylic acids is 1. The number of likely N-dealkylation sites (tertiary alicyclic amines) is 1. The molecular formula is C28H31N3O3. The fraction of sp³-hybridized carbons (Fsp3) is 0.357. The summed E-state index contributed by atoms with van der Waals surface area (Å²) in [6, 6.07) is 18.1. The summed E-state index contributed by atoms with van der Waals surface area (Å²) in [6.07, 6.45) is 6.07. The molecule has 2 aliphatic heterocycles. The molecule has 1 saturated heterocycles. The number of para-hydroxylation sites is 1. The first-order chi connectivity index (χ1) is 16.7. The first-order valence-electron chi connectivity index (χ1n) is 12.0. The molecule has 0 bridgehead atoms. The number of hydrogen-bond acceptors (Lipinski definition) is 5. The van der Waals surface area contributed by atoms with Gasteiger partial charge in [-0.05, 0) is 61.1 Å². The van der Waals surface area contributed by atoms with Crippen LogP contribution in [0.15, 0.2) is 67.0 Å². The van der Waals surface area contributed by atoms with Crippen molar-refractivity contribution in [3.05, 3.63) is 72.6 Å². The summed E-state index contributed by atoms with van der Waals surface area (Å²) in [5.74, 6) is 2.50. The van der Waals surface area contributed by atoms with E-state index in [1.807, 2.05) is 48.7 Å². The van der Waals surface area contributed by atoms with Crippen molar-refractivity contribution >= 4 is 11.6 Å². The van der Waals surface area contributed by atoms with Crippen LogP contribution in [0.5, 0.6) is 11.5 Å². The first-order valence-corrected chi connectivity index (χ1v) is 12.0. The molecular weight excluding hydrogens is 426 g/mol. The molecule has 3 aromatic rings. The van der Waals surface area contributed by atoms with Crippen molar-refractivity contribution in [2.45, 2.75) is 25.8 Å². The SMILES string of the molecule is COc1ccccc1CN1CC[C@H]2CC(=O)Nc3cc(-c4cccnc4)ccc3OCC[C@H]2C1. The van der Waals surface area contributed by atoms with E-state index in [0.717, 1.165) is 60.8 Å². The minimum atomic E-state index is 0.0586. The molecule has 0 radical (unpaired) electrons. The van der Waals surface area contributed by atoms with Crippen LogP contribution in [0, 0.1) is 11.8 Å². The molecule has 3 heterocycles. The number of anilines is 1. The molecule has 2 atom stereocenters. The van der Waals surface area contributed by atoms with Crippen molar-refractivity contribution in [2.75, 3.05) is 32.1 Å². The predicted molar refractivity (Wildman–Crippen MR) is 133 cm³/mol. The molecule has 0 unspecified atom stereocenters. The van der Waals surface area contributed by atoms with Gasteiger partial charge in [0.15, 0.2) is 0 Å². The second-order valence-electron chi connectivity index (χ2n) is 9.20. The van der Waals surface area contributed by atoms with E-state index in [0.29, 0.717) is 24.9 Å². The number of nitrogens with zero attached hydrogens (tertiary/aromatic N) is 2. The summed E-state index contributed by atoms with van der Waals surface area (Å²) >= 11 is 0. The lowest BCUT2D eigenvalue weighted by Crippen LogP contribution is -2.42. The van der Waals surface area contributed by atoms with E-state index in [9.17, 15) is 4.79 Å². The normalized spacial score (nSPS) is 20.9. The van der Waals surface area contributed by atoms with E-state index in [1.165, 1.54) is 5.56 Å².